The molecule has 0 fully saturated rings. The first-order valence-corrected chi connectivity index (χ1v) is 8.39. The zero-order valence-corrected chi connectivity index (χ0v) is 14.1. The maximum Gasteiger partial charge on any atom is 0.0505 e. The Labute approximate surface area is 126 Å². The number of hydrogen-bond donors (Lipinski definition) is 0. The first-order chi connectivity index (χ1) is 9.34. The molecule has 0 amide bonds. The number of rotatable bonds is 3. The van der Waals surface area contributed by atoms with Crippen LogP contribution in [0.4, 0.5) is 0 Å². The van der Waals surface area contributed by atoms with Crippen molar-refractivity contribution in [2.45, 2.75) is 67.2 Å². The van der Waals surface area contributed by atoms with Crippen LogP contribution in [0.2, 0.25) is 0 Å². The van der Waals surface area contributed by atoms with Gasteiger partial charge in [-0.05, 0) is 37.5 Å². The molecule has 0 nitrogen and oxygen atoms in total. The van der Waals surface area contributed by atoms with Crippen molar-refractivity contribution in [1.29, 1.82) is 0 Å². The molecule has 0 aromatic heterocycles. The van der Waals surface area contributed by atoms with E-state index >= 15 is 0 Å². The van der Waals surface area contributed by atoms with Gasteiger partial charge >= 0.3 is 0 Å². The molecule has 2 rings (SSSR count). The Morgan fingerprint density at radius 2 is 1.10 bits per heavy atom. The third kappa shape index (κ3) is 2.29. The lowest BCUT2D eigenvalue weighted by molar-refractivity contribution is 0.0229. The highest BCUT2D eigenvalue weighted by Crippen LogP contribution is 2.57. The molecule has 0 aliphatic heterocycles. The molecule has 0 aromatic rings. The first kappa shape index (κ1) is 15.5. The summed E-state index contributed by atoms with van der Waals surface area (Å²) in [6.07, 6.45) is 4.91. The standard InChI is InChI=1S/C20H30/c1-15(2)19(11-7-17(5)8-12-19)20(16(3)4)13-9-18(6)10-14-20/h15-18H,7,9,11,13H2,1-6H3. The van der Waals surface area contributed by atoms with Gasteiger partial charge in [-0.2, -0.15) is 0 Å². The van der Waals surface area contributed by atoms with E-state index < -0.39 is 0 Å². The summed E-state index contributed by atoms with van der Waals surface area (Å²) in [6, 6.07) is 0. The zero-order valence-electron chi connectivity index (χ0n) is 14.1. The lowest BCUT2D eigenvalue weighted by Crippen LogP contribution is -2.49. The quantitative estimate of drug-likeness (QED) is 0.623. The Hall–Kier alpha value is -0.880. The van der Waals surface area contributed by atoms with Gasteiger partial charge < -0.3 is 0 Å². The summed E-state index contributed by atoms with van der Waals surface area (Å²) >= 11 is 0. The van der Waals surface area contributed by atoms with Crippen molar-refractivity contribution in [1.82, 2.24) is 0 Å². The van der Waals surface area contributed by atoms with Crippen molar-refractivity contribution in [3.05, 3.63) is 0 Å². The van der Waals surface area contributed by atoms with E-state index in [1.54, 1.807) is 0 Å². The SMILES string of the molecule is CC1C#CC(C(C)C)(C2(C(C)C)C#CC(C)CC2)CC1. The molecule has 0 aromatic carbocycles. The van der Waals surface area contributed by atoms with Crippen molar-refractivity contribution in [2.24, 2.45) is 34.5 Å². The molecule has 0 saturated carbocycles. The van der Waals surface area contributed by atoms with Crippen LogP contribution < -0.4 is 0 Å². The van der Waals surface area contributed by atoms with Crippen LogP contribution in [0.25, 0.3) is 0 Å². The van der Waals surface area contributed by atoms with Crippen LogP contribution in [0.3, 0.4) is 0 Å². The molecule has 110 valence electrons. The molecule has 2 aliphatic carbocycles. The van der Waals surface area contributed by atoms with Gasteiger partial charge in [-0.25, -0.2) is 0 Å². The van der Waals surface area contributed by atoms with E-state index in [4.69, 9.17) is 0 Å². The predicted molar refractivity (Wildman–Crippen MR) is 86.9 cm³/mol. The summed E-state index contributed by atoms with van der Waals surface area (Å²) in [4.78, 5) is 0. The van der Waals surface area contributed by atoms with Crippen LogP contribution in [0, 0.1) is 58.2 Å². The Kier molecular flexibility index (Phi) is 4.25. The minimum absolute atomic E-state index is 0.0980. The monoisotopic (exact) mass is 270 g/mol. The third-order valence-corrected chi connectivity index (χ3v) is 5.79. The molecular formula is C20H30. The van der Waals surface area contributed by atoms with E-state index in [1.165, 1.54) is 25.7 Å². The minimum Gasteiger partial charge on any atom is -0.0995 e. The molecule has 0 spiro atoms. The second-order valence-electron chi connectivity index (χ2n) is 7.67. The minimum atomic E-state index is 0.0980. The zero-order chi connectivity index (χ0) is 15.0. The molecule has 2 aliphatic rings. The van der Waals surface area contributed by atoms with Gasteiger partial charge in [-0.1, -0.05) is 65.2 Å². The Balaban J connectivity index is 2.56. The van der Waals surface area contributed by atoms with Gasteiger partial charge in [-0.15, -0.1) is 0 Å². The van der Waals surface area contributed by atoms with Crippen molar-refractivity contribution < 1.29 is 0 Å². The summed E-state index contributed by atoms with van der Waals surface area (Å²) in [7, 11) is 0. The summed E-state index contributed by atoms with van der Waals surface area (Å²) in [6.45, 7) is 13.9. The highest BCUT2D eigenvalue weighted by molar-refractivity contribution is 5.33. The van der Waals surface area contributed by atoms with Crippen LogP contribution in [-0.4, -0.2) is 0 Å². The molecule has 0 heteroatoms. The van der Waals surface area contributed by atoms with Gasteiger partial charge in [0.1, 0.15) is 0 Å². The van der Waals surface area contributed by atoms with Gasteiger partial charge in [0.25, 0.3) is 0 Å². The molecule has 4 atom stereocenters. The maximum absolute atomic E-state index is 3.74. The van der Waals surface area contributed by atoms with E-state index in [-0.39, 0.29) is 10.8 Å². The number of hydrogen-bond acceptors (Lipinski definition) is 0. The Bertz CT molecular complexity index is 430. The van der Waals surface area contributed by atoms with E-state index in [0.717, 1.165) is 0 Å². The van der Waals surface area contributed by atoms with E-state index in [1.807, 2.05) is 0 Å². The van der Waals surface area contributed by atoms with Crippen molar-refractivity contribution in [3.8, 4) is 23.7 Å². The van der Waals surface area contributed by atoms with Gasteiger partial charge in [0.15, 0.2) is 0 Å². The highest BCUT2D eigenvalue weighted by Gasteiger charge is 2.54. The molecule has 0 saturated heterocycles. The Morgan fingerprint density at radius 1 is 0.750 bits per heavy atom. The average Bonchev–Trinajstić information content (AvgIpc) is 2.40. The molecule has 0 radical (unpaired) electrons. The van der Waals surface area contributed by atoms with Gasteiger partial charge in [-0.3, -0.25) is 0 Å². The normalized spacial score (nSPS) is 40.0. The summed E-state index contributed by atoms with van der Waals surface area (Å²) in [5.41, 5.74) is 0.196. The maximum atomic E-state index is 3.74. The second-order valence-corrected chi connectivity index (χ2v) is 7.67. The molecule has 0 heterocycles. The van der Waals surface area contributed by atoms with Gasteiger partial charge in [0.05, 0.1) is 10.8 Å². The Morgan fingerprint density at radius 3 is 1.30 bits per heavy atom. The smallest absolute Gasteiger partial charge is 0.0505 e. The van der Waals surface area contributed by atoms with Crippen LogP contribution in [0.1, 0.15) is 67.2 Å². The van der Waals surface area contributed by atoms with Gasteiger partial charge in [0, 0.05) is 11.8 Å². The van der Waals surface area contributed by atoms with Crippen LogP contribution in [0.5, 0.6) is 0 Å². The third-order valence-electron chi connectivity index (χ3n) is 5.79. The predicted octanol–water partition coefficient (Wildman–Crippen LogP) is 5.14. The van der Waals surface area contributed by atoms with Crippen LogP contribution >= 0.6 is 0 Å². The molecule has 4 unspecified atom stereocenters. The fraction of sp³-hybridized carbons (Fsp3) is 0.800. The van der Waals surface area contributed by atoms with E-state index in [9.17, 15) is 0 Å². The second kappa shape index (κ2) is 5.48. The van der Waals surface area contributed by atoms with Crippen molar-refractivity contribution >= 4 is 0 Å². The van der Waals surface area contributed by atoms with Crippen LogP contribution in [0.15, 0.2) is 0 Å². The van der Waals surface area contributed by atoms with Gasteiger partial charge in [0.2, 0.25) is 0 Å². The lowest BCUT2D eigenvalue weighted by atomic mass is 9.49. The first-order valence-electron chi connectivity index (χ1n) is 8.39. The van der Waals surface area contributed by atoms with E-state index in [2.05, 4.69) is 65.2 Å². The summed E-state index contributed by atoms with van der Waals surface area (Å²) in [5, 5.41) is 0. The molecule has 0 N–H and O–H groups in total. The van der Waals surface area contributed by atoms with Crippen LogP contribution in [-0.2, 0) is 0 Å². The largest absolute Gasteiger partial charge is 0.0995 e. The topological polar surface area (TPSA) is 0 Å². The molecular weight excluding hydrogens is 240 g/mol. The van der Waals surface area contributed by atoms with Crippen molar-refractivity contribution in [3.63, 3.8) is 0 Å². The average molecular weight is 270 g/mol. The van der Waals surface area contributed by atoms with Crippen molar-refractivity contribution in [2.75, 3.05) is 0 Å². The lowest BCUT2D eigenvalue weighted by Gasteiger charge is -2.53. The molecule has 20 heavy (non-hydrogen) atoms. The van der Waals surface area contributed by atoms with E-state index in [0.29, 0.717) is 23.7 Å². The summed E-state index contributed by atoms with van der Waals surface area (Å²) in [5.74, 6) is 16.8. The fourth-order valence-electron chi connectivity index (χ4n) is 4.23. The summed E-state index contributed by atoms with van der Waals surface area (Å²) < 4.78 is 0. The fourth-order valence-corrected chi connectivity index (χ4v) is 4.23. The molecule has 0 bridgehead atoms. The highest BCUT2D eigenvalue weighted by atomic mass is 14.5.